The number of anilines is 1. The zero-order valence-electron chi connectivity index (χ0n) is 22.7. The van der Waals surface area contributed by atoms with Crippen LogP contribution in [0.25, 0.3) is 28.3 Å². The third-order valence-corrected chi connectivity index (χ3v) is 6.64. The number of nitrogens with one attached hydrogen (secondary N) is 1. The Labute approximate surface area is 237 Å². The number of amides is 2. The second-order valence-electron chi connectivity index (χ2n) is 9.83. The summed E-state index contributed by atoms with van der Waals surface area (Å²) in [5.74, 6) is -0.331. The fourth-order valence-corrected chi connectivity index (χ4v) is 4.37. The zero-order chi connectivity index (χ0) is 28.9. The maximum atomic E-state index is 12.8. The van der Waals surface area contributed by atoms with Crippen molar-refractivity contribution in [1.82, 2.24) is 20.1 Å². The lowest BCUT2D eigenvalue weighted by Gasteiger charge is -2.12. The number of aromatic nitrogens is 3. The molecule has 0 aliphatic carbocycles. The SMILES string of the molecule is CN(C)c1cccc(-c2cc(-c3ccc(C(=O)NC(=O)[C@@H](N)Cc4ccc(O)cc4)cc3)n(-c3ccccn3)n2)c1. The summed E-state index contributed by atoms with van der Waals surface area (Å²) in [4.78, 5) is 31.9. The van der Waals surface area contributed by atoms with Crippen molar-refractivity contribution >= 4 is 17.5 Å². The Morgan fingerprint density at radius 3 is 2.37 bits per heavy atom. The number of aromatic hydroxyl groups is 1. The van der Waals surface area contributed by atoms with Gasteiger partial charge in [-0.2, -0.15) is 5.10 Å². The molecular formula is C32H30N6O3. The van der Waals surface area contributed by atoms with Gasteiger partial charge in [-0.25, -0.2) is 9.67 Å². The topological polar surface area (TPSA) is 126 Å². The van der Waals surface area contributed by atoms with Gasteiger partial charge in [0.25, 0.3) is 5.91 Å². The number of phenolic OH excluding ortho intramolecular Hbond substituents is 1. The fourth-order valence-electron chi connectivity index (χ4n) is 4.37. The van der Waals surface area contributed by atoms with E-state index in [9.17, 15) is 14.7 Å². The standard InChI is InChI=1S/C32H30N6O3/c1-37(2)25-7-5-6-24(19-25)28-20-29(38(36-28)30-8-3-4-17-34-30)22-11-13-23(14-12-22)31(40)35-32(41)27(33)18-21-9-15-26(39)16-10-21/h3-17,19-20,27,39H,18,33H2,1-2H3,(H,35,40,41)/t27-/m0/s1. The first kappa shape index (κ1) is 27.3. The number of nitrogens with zero attached hydrogens (tertiary/aromatic N) is 4. The average Bonchev–Trinajstić information content (AvgIpc) is 3.44. The number of imide groups is 1. The molecule has 0 fully saturated rings. The second-order valence-corrected chi connectivity index (χ2v) is 9.83. The maximum absolute atomic E-state index is 12.8. The van der Waals surface area contributed by atoms with Crippen LogP contribution < -0.4 is 16.0 Å². The highest BCUT2D eigenvalue weighted by atomic mass is 16.3. The number of hydrogen-bond acceptors (Lipinski definition) is 7. The van der Waals surface area contributed by atoms with Gasteiger partial charge in [-0.05, 0) is 66.6 Å². The molecule has 1 atom stereocenters. The number of phenols is 1. The first-order valence-corrected chi connectivity index (χ1v) is 13.1. The van der Waals surface area contributed by atoms with Crippen molar-refractivity contribution in [2.75, 3.05) is 19.0 Å². The minimum absolute atomic E-state index is 0.128. The molecule has 0 bridgehead atoms. The van der Waals surface area contributed by atoms with E-state index >= 15 is 0 Å². The van der Waals surface area contributed by atoms with Crippen LogP contribution in [0.1, 0.15) is 15.9 Å². The number of carbonyl (C=O) groups excluding carboxylic acids is 2. The van der Waals surface area contributed by atoms with Crippen LogP contribution >= 0.6 is 0 Å². The molecule has 0 spiro atoms. The number of nitrogens with two attached hydrogens (primary N) is 1. The van der Waals surface area contributed by atoms with Crippen molar-refractivity contribution in [2.24, 2.45) is 5.73 Å². The smallest absolute Gasteiger partial charge is 0.257 e. The Bertz CT molecular complexity index is 1660. The Morgan fingerprint density at radius 1 is 0.927 bits per heavy atom. The molecule has 3 aromatic carbocycles. The van der Waals surface area contributed by atoms with E-state index in [0.29, 0.717) is 11.4 Å². The van der Waals surface area contributed by atoms with Gasteiger partial charge < -0.3 is 15.7 Å². The van der Waals surface area contributed by atoms with Gasteiger partial charge in [-0.3, -0.25) is 14.9 Å². The maximum Gasteiger partial charge on any atom is 0.257 e. The minimum atomic E-state index is -0.917. The molecule has 5 rings (SSSR count). The lowest BCUT2D eigenvalue weighted by molar-refractivity contribution is -0.121. The minimum Gasteiger partial charge on any atom is -0.508 e. The van der Waals surface area contributed by atoms with E-state index in [1.807, 2.05) is 73.6 Å². The summed E-state index contributed by atoms with van der Waals surface area (Å²) in [6.45, 7) is 0. The molecule has 5 aromatic rings. The number of benzene rings is 3. The number of rotatable bonds is 8. The van der Waals surface area contributed by atoms with Gasteiger partial charge >= 0.3 is 0 Å². The van der Waals surface area contributed by atoms with E-state index < -0.39 is 17.9 Å². The van der Waals surface area contributed by atoms with E-state index in [1.54, 1.807) is 35.1 Å². The van der Waals surface area contributed by atoms with Crippen molar-refractivity contribution < 1.29 is 14.7 Å². The normalized spacial score (nSPS) is 11.6. The van der Waals surface area contributed by atoms with Crippen molar-refractivity contribution in [3.05, 3.63) is 114 Å². The molecule has 206 valence electrons. The van der Waals surface area contributed by atoms with Gasteiger partial charge in [0.15, 0.2) is 5.82 Å². The molecule has 0 aliphatic heterocycles. The highest BCUT2D eigenvalue weighted by Crippen LogP contribution is 2.30. The van der Waals surface area contributed by atoms with Gasteiger partial charge in [0.1, 0.15) is 5.75 Å². The molecule has 2 aromatic heterocycles. The third kappa shape index (κ3) is 6.32. The summed E-state index contributed by atoms with van der Waals surface area (Å²) in [6, 6.07) is 28.2. The number of carbonyl (C=O) groups is 2. The van der Waals surface area contributed by atoms with Gasteiger partial charge in [0.2, 0.25) is 5.91 Å². The summed E-state index contributed by atoms with van der Waals surface area (Å²) in [5.41, 5.74) is 11.5. The molecule has 2 amide bonds. The first-order valence-electron chi connectivity index (χ1n) is 13.1. The Morgan fingerprint density at radius 2 is 1.68 bits per heavy atom. The van der Waals surface area contributed by atoms with Crippen LogP contribution in [0.2, 0.25) is 0 Å². The molecule has 41 heavy (non-hydrogen) atoms. The van der Waals surface area contributed by atoms with E-state index in [4.69, 9.17) is 10.8 Å². The summed E-state index contributed by atoms with van der Waals surface area (Å²) in [6.07, 6.45) is 1.94. The molecular weight excluding hydrogens is 516 g/mol. The highest BCUT2D eigenvalue weighted by Gasteiger charge is 2.19. The van der Waals surface area contributed by atoms with Gasteiger partial charge in [-0.15, -0.1) is 0 Å². The molecule has 9 heteroatoms. The molecule has 2 heterocycles. The van der Waals surface area contributed by atoms with E-state index in [2.05, 4.69) is 16.4 Å². The van der Waals surface area contributed by atoms with Crippen molar-refractivity contribution in [1.29, 1.82) is 0 Å². The number of pyridine rings is 1. The largest absolute Gasteiger partial charge is 0.508 e. The average molecular weight is 547 g/mol. The summed E-state index contributed by atoms with van der Waals surface area (Å²) < 4.78 is 1.78. The zero-order valence-corrected chi connectivity index (χ0v) is 22.7. The van der Waals surface area contributed by atoms with Crippen molar-refractivity contribution in [2.45, 2.75) is 12.5 Å². The molecule has 4 N–H and O–H groups in total. The van der Waals surface area contributed by atoms with Crippen LogP contribution in [0.4, 0.5) is 5.69 Å². The first-order chi connectivity index (χ1) is 19.8. The Hall–Kier alpha value is -5.28. The second kappa shape index (κ2) is 11.8. The van der Waals surface area contributed by atoms with Crippen LogP contribution in [0.15, 0.2) is 103 Å². The van der Waals surface area contributed by atoms with Crippen LogP contribution in [-0.2, 0) is 11.2 Å². The molecule has 0 saturated carbocycles. The van der Waals surface area contributed by atoms with Crippen LogP contribution in [0, 0.1) is 0 Å². The molecule has 0 saturated heterocycles. The van der Waals surface area contributed by atoms with E-state index in [1.165, 1.54) is 12.1 Å². The molecule has 9 nitrogen and oxygen atoms in total. The van der Waals surface area contributed by atoms with Gasteiger partial charge in [-0.1, -0.05) is 42.5 Å². The monoisotopic (exact) mass is 546 g/mol. The third-order valence-electron chi connectivity index (χ3n) is 6.64. The molecule has 0 unspecified atom stereocenters. The van der Waals surface area contributed by atoms with Crippen molar-refractivity contribution in [3.8, 4) is 34.1 Å². The number of hydrogen-bond donors (Lipinski definition) is 3. The van der Waals surface area contributed by atoms with Gasteiger partial charge in [0.05, 0.1) is 17.4 Å². The lowest BCUT2D eigenvalue weighted by Crippen LogP contribution is -2.44. The predicted molar refractivity (Wildman–Crippen MR) is 159 cm³/mol. The van der Waals surface area contributed by atoms with Crippen LogP contribution in [0.5, 0.6) is 5.75 Å². The Kier molecular flexibility index (Phi) is 7.89. The Balaban J connectivity index is 1.37. The fraction of sp³-hybridized carbons (Fsp3) is 0.125. The quantitative estimate of drug-likeness (QED) is 0.266. The van der Waals surface area contributed by atoms with Gasteiger partial charge in [0, 0.05) is 42.7 Å². The van der Waals surface area contributed by atoms with E-state index in [0.717, 1.165) is 33.8 Å². The summed E-state index contributed by atoms with van der Waals surface area (Å²) in [5, 5.41) is 16.7. The lowest BCUT2D eigenvalue weighted by atomic mass is 10.0. The van der Waals surface area contributed by atoms with Crippen molar-refractivity contribution in [3.63, 3.8) is 0 Å². The molecule has 0 radical (unpaired) electrons. The van der Waals surface area contributed by atoms with E-state index in [-0.39, 0.29) is 12.2 Å². The van der Waals surface area contributed by atoms with Crippen LogP contribution in [0.3, 0.4) is 0 Å². The molecule has 0 aliphatic rings. The summed E-state index contributed by atoms with van der Waals surface area (Å²) >= 11 is 0. The predicted octanol–water partition coefficient (Wildman–Crippen LogP) is 4.20. The summed E-state index contributed by atoms with van der Waals surface area (Å²) in [7, 11) is 3.98. The highest BCUT2D eigenvalue weighted by molar-refractivity contribution is 6.06. The van der Waals surface area contributed by atoms with Crippen LogP contribution in [-0.4, -0.2) is 51.8 Å².